The number of aliphatic imine (C=N–C) groups is 1. The summed E-state index contributed by atoms with van der Waals surface area (Å²) in [7, 11) is 1.81. The molecule has 1 heterocycles. The van der Waals surface area contributed by atoms with Crippen molar-refractivity contribution < 1.29 is 0 Å². The number of guanidine groups is 1. The number of unbranched alkanes of at least 4 members (excludes halogenated alkanes) is 1. The van der Waals surface area contributed by atoms with E-state index in [1.165, 1.54) is 23.2 Å². The lowest BCUT2D eigenvalue weighted by Gasteiger charge is -2.12. The quantitative estimate of drug-likeness (QED) is 0.467. The van der Waals surface area contributed by atoms with Crippen LogP contribution in [0.1, 0.15) is 42.3 Å². The highest BCUT2D eigenvalue weighted by atomic mass is 15.3. The van der Waals surface area contributed by atoms with E-state index in [2.05, 4.69) is 65.3 Å². The fraction of sp³-hybridized carbons (Fsp3) is 0.474. The third kappa shape index (κ3) is 4.85. The van der Waals surface area contributed by atoms with E-state index in [9.17, 15) is 0 Å². The summed E-state index contributed by atoms with van der Waals surface area (Å²) in [6, 6.07) is 10.4. The van der Waals surface area contributed by atoms with Gasteiger partial charge in [-0.15, -0.1) is 0 Å². The van der Waals surface area contributed by atoms with Gasteiger partial charge in [0.2, 0.25) is 0 Å². The molecular weight excluding hydrogens is 298 g/mol. The van der Waals surface area contributed by atoms with E-state index in [1.807, 2.05) is 6.07 Å². The van der Waals surface area contributed by atoms with Crippen LogP contribution >= 0.6 is 0 Å². The number of aromatic nitrogens is 2. The Hall–Kier alpha value is -2.30. The van der Waals surface area contributed by atoms with Crippen LogP contribution in [0.5, 0.6) is 0 Å². The minimum atomic E-state index is 0.734. The number of nitrogens with one attached hydrogen (secondary N) is 2. The molecule has 0 aliphatic carbocycles. The Morgan fingerprint density at radius 3 is 2.58 bits per heavy atom. The molecule has 24 heavy (non-hydrogen) atoms. The van der Waals surface area contributed by atoms with Crippen molar-refractivity contribution in [2.45, 2.75) is 46.7 Å². The van der Waals surface area contributed by atoms with Crippen LogP contribution in [0.2, 0.25) is 0 Å². The van der Waals surface area contributed by atoms with Gasteiger partial charge in [0.1, 0.15) is 0 Å². The van der Waals surface area contributed by atoms with Gasteiger partial charge in [-0.3, -0.25) is 9.67 Å². The molecule has 5 nitrogen and oxygen atoms in total. The molecule has 0 bridgehead atoms. The first-order valence-electron chi connectivity index (χ1n) is 8.67. The van der Waals surface area contributed by atoms with Crippen molar-refractivity contribution in [2.24, 2.45) is 4.99 Å². The third-order valence-electron chi connectivity index (χ3n) is 4.19. The lowest BCUT2D eigenvalue weighted by Crippen LogP contribution is -2.37. The van der Waals surface area contributed by atoms with Crippen molar-refractivity contribution in [3.8, 4) is 0 Å². The highest BCUT2D eigenvalue weighted by Gasteiger charge is 2.12. The monoisotopic (exact) mass is 327 g/mol. The second kappa shape index (κ2) is 9.11. The van der Waals surface area contributed by atoms with Crippen molar-refractivity contribution in [3.05, 3.63) is 52.8 Å². The predicted octanol–water partition coefficient (Wildman–Crippen LogP) is 3.01. The lowest BCUT2D eigenvalue weighted by atomic mass is 10.2. The Bertz CT molecular complexity index is 658. The number of aryl methyl sites for hydroxylation is 1. The molecular formula is C19H29N5. The van der Waals surface area contributed by atoms with Crippen LogP contribution in [0, 0.1) is 13.8 Å². The molecule has 0 radical (unpaired) electrons. The van der Waals surface area contributed by atoms with Crippen molar-refractivity contribution in [1.82, 2.24) is 20.4 Å². The van der Waals surface area contributed by atoms with Crippen LogP contribution in [0.4, 0.5) is 0 Å². The maximum Gasteiger partial charge on any atom is 0.191 e. The number of hydrogen-bond acceptors (Lipinski definition) is 2. The van der Waals surface area contributed by atoms with E-state index in [4.69, 9.17) is 5.10 Å². The largest absolute Gasteiger partial charge is 0.356 e. The predicted molar refractivity (Wildman–Crippen MR) is 100 cm³/mol. The zero-order valence-electron chi connectivity index (χ0n) is 15.3. The highest BCUT2D eigenvalue weighted by Crippen LogP contribution is 2.14. The van der Waals surface area contributed by atoms with Gasteiger partial charge in [0.05, 0.1) is 12.2 Å². The summed E-state index contributed by atoms with van der Waals surface area (Å²) in [5, 5.41) is 11.4. The van der Waals surface area contributed by atoms with Crippen molar-refractivity contribution in [3.63, 3.8) is 0 Å². The molecule has 0 unspecified atom stereocenters. The molecule has 2 N–H and O–H groups in total. The number of rotatable bonds is 7. The molecule has 0 amide bonds. The van der Waals surface area contributed by atoms with Crippen molar-refractivity contribution in [1.29, 1.82) is 0 Å². The average molecular weight is 327 g/mol. The van der Waals surface area contributed by atoms with Gasteiger partial charge in [-0.05, 0) is 25.8 Å². The normalized spacial score (nSPS) is 11.6. The smallest absolute Gasteiger partial charge is 0.191 e. The van der Waals surface area contributed by atoms with Crippen molar-refractivity contribution in [2.75, 3.05) is 13.6 Å². The molecule has 0 saturated carbocycles. The summed E-state index contributed by atoms with van der Waals surface area (Å²) in [6.07, 6.45) is 2.32. The zero-order valence-corrected chi connectivity index (χ0v) is 15.3. The SMILES string of the molecule is CCCCNC(=NC)NCc1c(C)nn(Cc2ccccc2)c1C. The minimum absolute atomic E-state index is 0.734. The molecule has 1 aromatic heterocycles. The number of benzene rings is 1. The third-order valence-corrected chi connectivity index (χ3v) is 4.19. The van der Waals surface area contributed by atoms with Gasteiger partial charge >= 0.3 is 0 Å². The Balaban J connectivity index is 2.00. The number of nitrogens with zero attached hydrogens (tertiary/aromatic N) is 3. The summed E-state index contributed by atoms with van der Waals surface area (Å²) in [5.41, 5.74) is 4.77. The van der Waals surface area contributed by atoms with E-state index in [1.54, 1.807) is 7.05 Å². The zero-order chi connectivity index (χ0) is 17.4. The fourth-order valence-electron chi connectivity index (χ4n) is 2.68. The van der Waals surface area contributed by atoms with Crippen LogP contribution in [0.15, 0.2) is 35.3 Å². The summed E-state index contributed by atoms with van der Waals surface area (Å²) in [6.45, 7) is 8.87. The topological polar surface area (TPSA) is 54.2 Å². The maximum atomic E-state index is 4.70. The summed E-state index contributed by atoms with van der Waals surface area (Å²) < 4.78 is 2.08. The van der Waals surface area contributed by atoms with Crippen LogP contribution in [-0.2, 0) is 13.1 Å². The van der Waals surface area contributed by atoms with Gasteiger partial charge < -0.3 is 10.6 Å². The van der Waals surface area contributed by atoms with E-state index < -0.39 is 0 Å². The van der Waals surface area contributed by atoms with E-state index in [-0.39, 0.29) is 0 Å². The molecule has 0 aliphatic rings. The van der Waals surface area contributed by atoms with Crippen LogP contribution < -0.4 is 10.6 Å². The van der Waals surface area contributed by atoms with Gasteiger partial charge in [0.15, 0.2) is 5.96 Å². The molecule has 130 valence electrons. The van der Waals surface area contributed by atoms with Crippen LogP contribution in [-0.4, -0.2) is 29.3 Å². The first-order valence-corrected chi connectivity index (χ1v) is 8.67. The summed E-state index contributed by atoms with van der Waals surface area (Å²) in [4.78, 5) is 4.28. The van der Waals surface area contributed by atoms with E-state index in [0.29, 0.717) is 0 Å². The Kier molecular flexibility index (Phi) is 6.85. The van der Waals surface area contributed by atoms with Gasteiger partial charge in [0.25, 0.3) is 0 Å². The fourth-order valence-corrected chi connectivity index (χ4v) is 2.68. The van der Waals surface area contributed by atoms with E-state index >= 15 is 0 Å². The van der Waals surface area contributed by atoms with Crippen LogP contribution in [0.3, 0.4) is 0 Å². The average Bonchev–Trinajstić information content (AvgIpc) is 2.86. The summed E-state index contributed by atoms with van der Waals surface area (Å²) >= 11 is 0. The standard InChI is InChI=1S/C19H29N5/c1-5-6-12-21-19(20-4)22-13-18-15(2)23-24(16(18)3)14-17-10-8-7-9-11-17/h7-11H,5-6,12-14H2,1-4H3,(H2,20,21,22). The Morgan fingerprint density at radius 2 is 1.92 bits per heavy atom. The molecule has 1 aromatic carbocycles. The van der Waals surface area contributed by atoms with Gasteiger partial charge in [-0.1, -0.05) is 43.7 Å². The first kappa shape index (κ1) is 18.0. The molecule has 0 spiro atoms. The minimum Gasteiger partial charge on any atom is -0.356 e. The molecule has 0 aliphatic heterocycles. The van der Waals surface area contributed by atoms with Crippen molar-refractivity contribution >= 4 is 5.96 Å². The molecule has 0 saturated heterocycles. The Labute approximate surface area is 145 Å². The molecule has 2 rings (SSSR count). The maximum absolute atomic E-state index is 4.70. The van der Waals surface area contributed by atoms with Gasteiger partial charge in [-0.25, -0.2) is 0 Å². The second-order valence-corrected chi connectivity index (χ2v) is 6.00. The van der Waals surface area contributed by atoms with Gasteiger partial charge in [-0.2, -0.15) is 5.10 Å². The molecule has 0 fully saturated rings. The Morgan fingerprint density at radius 1 is 1.17 bits per heavy atom. The number of hydrogen-bond donors (Lipinski definition) is 2. The van der Waals surface area contributed by atoms with Crippen LogP contribution in [0.25, 0.3) is 0 Å². The highest BCUT2D eigenvalue weighted by molar-refractivity contribution is 5.79. The second-order valence-electron chi connectivity index (χ2n) is 6.00. The first-order chi connectivity index (χ1) is 11.7. The van der Waals surface area contributed by atoms with Gasteiger partial charge in [0, 0.05) is 31.4 Å². The molecule has 2 aromatic rings. The summed E-state index contributed by atoms with van der Waals surface area (Å²) in [5.74, 6) is 0.845. The molecule has 5 heteroatoms. The van der Waals surface area contributed by atoms with E-state index in [0.717, 1.165) is 37.7 Å². The lowest BCUT2D eigenvalue weighted by molar-refractivity contribution is 0.657. The molecule has 0 atom stereocenters.